The van der Waals surface area contributed by atoms with E-state index < -0.39 is 28.5 Å². The van der Waals surface area contributed by atoms with Gasteiger partial charge in [-0.2, -0.15) is 0 Å². The molecule has 0 fully saturated rings. The first kappa shape index (κ1) is 35.5. The molecule has 0 heterocycles. The van der Waals surface area contributed by atoms with Crippen LogP contribution in [0.5, 0.6) is 5.75 Å². The van der Waals surface area contributed by atoms with Crippen LogP contribution in [0, 0.1) is 13.8 Å². The average Bonchev–Trinajstić information content (AvgIpc) is 3.07. The molecule has 4 aromatic rings. The molecular weight excluding hydrogens is 634 g/mol. The molecular formula is C37H42ClN3O5S. The third kappa shape index (κ3) is 9.14. The number of ether oxygens (including phenoxy) is 1. The molecule has 0 aromatic heterocycles. The van der Waals surface area contributed by atoms with Gasteiger partial charge in [-0.1, -0.05) is 67.1 Å². The summed E-state index contributed by atoms with van der Waals surface area (Å²) in [5, 5.41) is 3.44. The van der Waals surface area contributed by atoms with Gasteiger partial charge in [-0.3, -0.25) is 13.9 Å². The van der Waals surface area contributed by atoms with Gasteiger partial charge >= 0.3 is 0 Å². The number of aryl methyl sites for hydroxylation is 2. The zero-order chi connectivity index (χ0) is 34.1. The van der Waals surface area contributed by atoms with Gasteiger partial charge in [-0.05, 0) is 98.0 Å². The molecule has 0 aliphatic heterocycles. The molecule has 0 unspecified atom stereocenters. The Hall–Kier alpha value is -4.34. The van der Waals surface area contributed by atoms with E-state index in [0.29, 0.717) is 22.9 Å². The maximum absolute atomic E-state index is 14.6. The van der Waals surface area contributed by atoms with Crippen LogP contribution in [0.1, 0.15) is 42.5 Å². The van der Waals surface area contributed by atoms with Gasteiger partial charge in [0.15, 0.2) is 0 Å². The zero-order valence-electron chi connectivity index (χ0n) is 27.4. The monoisotopic (exact) mass is 675 g/mol. The molecule has 4 rings (SSSR count). The Bertz CT molecular complexity index is 1780. The van der Waals surface area contributed by atoms with E-state index in [0.717, 1.165) is 26.6 Å². The first-order valence-corrected chi connectivity index (χ1v) is 17.4. The van der Waals surface area contributed by atoms with Crippen LogP contribution in [-0.2, 0) is 32.6 Å². The molecule has 0 bridgehead atoms. The molecule has 10 heteroatoms. The Labute approximate surface area is 283 Å². The predicted molar refractivity (Wildman–Crippen MR) is 187 cm³/mol. The lowest BCUT2D eigenvalue weighted by Gasteiger charge is -2.34. The van der Waals surface area contributed by atoms with Crippen molar-refractivity contribution in [3.05, 3.63) is 124 Å². The van der Waals surface area contributed by atoms with Gasteiger partial charge in [0, 0.05) is 24.0 Å². The highest BCUT2D eigenvalue weighted by atomic mass is 35.5. The molecule has 0 spiro atoms. The molecule has 47 heavy (non-hydrogen) atoms. The van der Waals surface area contributed by atoms with E-state index >= 15 is 0 Å². The lowest BCUT2D eigenvalue weighted by atomic mass is 10.0. The van der Waals surface area contributed by atoms with Crippen molar-refractivity contribution in [1.29, 1.82) is 0 Å². The molecule has 0 saturated carbocycles. The average molecular weight is 676 g/mol. The van der Waals surface area contributed by atoms with Crippen molar-refractivity contribution < 1.29 is 22.7 Å². The fourth-order valence-electron chi connectivity index (χ4n) is 5.11. The van der Waals surface area contributed by atoms with Crippen LogP contribution >= 0.6 is 11.6 Å². The summed E-state index contributed by atoms with van der Waals surface area (Å²) < 4.78 is 35.0. The fourth-order valence-corrected chi connectivity index (χ4v) is 6.64. The Kier molecular flexibility index (Phi) is 12.1. The molecule has 0 aliphatic carbocycles. The number of nitrogens with zero attached hydrogens (tertiary/aromatic N) is 2. The third-order valence-electron chi connectivity index (χ3n) is 8.22. The van der Waals surface area contributed by atoms with Gasteiger partial charge in [-0.15, -0.1) is 0 Å². The van der Waals surface area contributed by atoms with E-state index in [1.807, 2.05) is 76.2 Å². The number of hydrogen-bond donors (Lipinski definition) is 1. The van der Waals surface area contributed by atoms with E-state index in [4.69, 9.17) is 16.3 Å². The summed E-state index contributed by atoms with van der Waals surface area (Å²) in [7, 11) is -2.68. The van der Waals surface area contributed by atoms with E-state index in [-0.39, 0.29) is 29.8 Å². The number of carbonyl (C=O) groups excluding carboxylic acids is 2. The molecule has 2 atom stereocenters. The van der Waals surface area contributed by atoms with Crippen LogP contribution in [0.25, 0.3) is 0 Å². The first-order valence-electron chi connectivity index (χ1n) is 15.5. The normalized spacial score (nSPS) is 12.6. The maximum Gasteiger partial charge on any atom is 0.264 e. The molecule has 0 aliphatic rings. The van der Waals surface area contributed by atoms with Crippen molar-refractivity contribution >= 4 is 39.1 Å². The minimum atomic E-state index is -4.23. The van der Waals surface area contributed by atoms with Crippen LogP contribution in [0.2, 0.25) is 5.02 Å². The molecule has 4 aromatic carbocycles. The number of sulfonamides is 1. The lowest BCUT2D eigenvalue weighted by molar-refractivity contribution is -0.140. The number of methoxy groups -OCH3 is 1. The number of nitrogens with one attached hydrogen (secondary N) is 1. The second-order valence-corrected chi connectivity index (χ2v) is 13.9. The van der Waals surface area contributed by atoms with Crippen molar-refractivity contribution in [2.24, 2.45) is 0 Å². The number of amides is 2. The molecule has 248 valence electrons. The van der Waals surface area contributed by atoms with Gasteiger partial charge in [0.25, 0.3) is 10.0 Å². The minimum absolute atomic E-state index is 0.0115. The fraction of sp³-hybridized carbons (Fsp3) is 0.297. The summed E-state index contributed by atoms with van der Waals surface area (Å²) in [6.45, 7) is 7.20. The third-order valence-corrected chi connectivity index (χ3v) is 10.3. The lowest BCUT2D eigenvalue weighted by Crippen LogP contribution is -2.54. The van der Waals surface area contributed by atoms with Crippen LogP contribution in [0.15, 0.2) is 102 Å². The summed E-state index contributed by atoms with van der Waals surface area (Å²) in [4.78, 5) is 30.1. The molecule has 2 amide bonds. The largest absolute Gasteiger partial charge is 0.497 e. The zero-order valence-corrected chi connectivity index (χ0v) is 29.0. The van der Waals surface area contributed by atoms with Crippen molar-refractivity contribution in [3.63, 3.8) is 0 Å². The quantitative estimate of drug-likeness (QED) is 0.160. The Morgan fingerprint density at radius 3 is 2.19 bits per heavy atom. The topological polar surface area (TPSA) is 96.0 Å². The van der Waals surface area contributed by atoms with Crippen LogP contribution in [0.3, 0.4) is 0 Å². The summed E-state index contributed by atoms with van der Waals surface area (Å²) in [6, 6.07) is 26.8. The van der Waals surface area contributed by atoms with E-state index in [2.05, 4.69) is 5.32 Å². The summed E-state index contributed by atoms with van der Waals surface area (Å²) >= 11 is 6.08. The summed E-state index contributed by atoms with van der Waals surface area (Å²) in [6.07, 6.45) is 0.930. The van der Waals surface area contributed by atoms with Crippen LogP contribution in [-0.4, -0.2) is 50.9 Å². The number of benzene rings is 4. The Morgan fingerprint density at radius 1 is 0.872 bits per heavy atom. The van der Waals surface area contributed by atoms with Gasteiger partial charge in [0.2, 0.25) is 11.8 Å². The van der Waals surface area contributed by atoms with Gasteiger partial charge in [0.1, 0.15) is 18.3 Å². The number of rotatable bonds is 14. The summed E-state index contributed by atoms with van der Waals surface area (Å²) in [5.74, 6) is -0.262. The number of anilines is 1. The second kappa shape index (κ2) is 16.0. The standard InChI is InChI=1S/C37H42ClN3O5S/c1-6-28(4)39-37(43)35(23-29-11-8-7-9-12-29)40(24-30-13-10-14-33(22-30)46-5)36(42)25-41(32-18-15-26(2)27(3)21-32)47(44,45)34-19-16-31(38)17-20-34/h7-22,28,35H,6,23-25H2,1-5H3,(H,39,43)/t28-,35-/m0/s1. The van der Waals surface area contributed by atoms with Crippen molar-refractivity contribution in [2.75, 3.05) is 18.0 Å². The predicted octanol–water partition coefficient (Wildman–Crippen LogP) is 6.72. The summed E-state index contributed by atoms with van der Waals surface area (Å²) in [5.41, 5.74) is 3.77. The van der Waals surface area contributed by atoms with Crippen molar-refractivity contribution in [1.82, 2.24) is 10.2 Å². The minimum Gasteiger partial charge on any atom is -0.497 e. The number of carbonyl (C=O) groups is 2. The highest BCUT2D eigenvalue weighted by molar-refractivity contribution is 7.92. The van der Waals surface area contributed by atoms with Gasteiger partial charge in [0.05, 0.1) is 17.7 Å². The van der Waals surface area contributed by atoms with Crippen LogP contribution < -0.4 is 14.4 Å². The van der Waals surface area contributed by atoms with Crippen molar-refractivity contribution in [3.8, 4) is 5.75 Å². The van der Waals surface area contributed by atoms with Gasteiger partial charge in [-0.25, -0.2) is 8.42 Å². The SMILES string of the molecule is CC[C@H](C)NC(=O)[C@H](Cc1ccccc1)N(Cc1cccc(OC)c1)C(=O)CN(c1ccc(C)c(C)c1)S(=O)(=O)c1ccc(Cl)cc1. The molecule has 8 nitrogen and oxygen atoms in total. The highest BCUT2D eigenvalue weighted by Gasteiger charge is 2.35. The molecule has 0 radical (unpaired) electrons. The number of halogens is 1. The second-order valence-electron chi connectivity index (χ2n) is 11.6. The Balaban J connectivity index is 1.83. The van der Waals surface area contributed by atoms with E-state index in [1.165, 1.54) is 29.2 Å². The van der Waals surface area contributed by atoms with Gasteiger partial charge < -0.3 is 15.0 Å². The maximum atomic E-state index is 14.6. The van der Waals surface area contributed by atoms with Crippen molar-refractivity contribution in [2.45, 2.75) is 64.1 Å². The highest BCUT2D eigenvalue weighted by Crippen LogP contribution is 2.28. The van der Waals surface area contributed by atoms with E-state index in [9.17, 15) is 18.0 Å². The Morgan fingerprint density at radius 2 is 1.55 bits per heavy atom. The molecule has 0 saturated heterocycles. The number of hydrogen-bond acceptors (Lipinski definition) is 5. The van der Waals surface area contributed by atoms with Crippen LogP contribution in [0.4, 0.5) is 5.69 Å². The molecule has 1 N–H and O–H groups in total. The smallest absolute Gasteiger partial charge is 0.264 e. The first-order chi connectivity index (χ1) is 22.4. The van der Waals surface area contributed by atoms with E-state index in [1.54, 1.807) is 31.4 Å².